The zero-order valence-corrected chi connectivity index (χ0v) is 14.4. The van der Waals surface area contributed by atoms with Crippen molar-refractivity contribution in [2.75, 3.05) is 7.11 Å². The van der Waals surface area contributed by atoms with Gasteiger partial charge in [-0.05, 0) is 35.1 Å². The molecule has 0 radical (unpaired) electrons. The first-order valence-corrected chi connectivity index (χ1v) is 8.23. The van der Waals surface area contributed by atoms with Crippen LogP contribution in [0.15, 0.2) is 48.5 Å². The topological polar surface area (TPSA) is 26.3 Å². The first kappa shape index (κ1) is 16.1. The fourth-order valence-electron chi connectivity index (χ4n) is 3.70. The molecule has 0 bridgehead atoms. The molecule has 23 heavy (non-hydrogen) atoms. The van der Waals surface area contributed by atoms with Crippen LogP contribution in [0.25, 0.3) is 0 Å². The predicted octanol–water partition coefficient (Wildman–Crippen LogP) is 4.90. The van der Waals surface area contributed by atoms with Crippen LogP contribution in [-0.4, -0.2) is 12.9 Å². The third-order valence-corrected chi connectivity index (χ3v) is 5.18. The molecule has 0 N–H and O–H groups in total. The maximum atomic E-state index is 12.9. The molecule has 2 aromatic rings. The summed E-state index contributed by atoms with van der Waals surface area (Å²) in [6.07, 6.45) is 0.362. The second-order valence-electron chi connectivity index (χ2n) is 6.79. The van der Waals surface area contributed by atoms with Crippen molar-refractivity contribution in [2.45, 2.75) is 26.2 Å². The molecule has 0 heterocycles. The highest BCUT2D eigenvalue weighted by Gasteiger charge is 2.61. The van der Waals surface area contributed by atoms with E-state index < -0.39 is 0 Å². The zero-order valence-electron chi connectivity index (χ0n) is 13.7. The number of hydrogen-bond acceptors (Lipinski definition) is 2. The van der Waals surface area contributed by atoms with Gasteiger partial charge in [-0.15, -0.1) is 0 Å². The standard InChI is InChI=1S/C20H21ClO2/c1-20(2)18(13-7-5-4-6-8-13)19(20)16(22)12-14-11-15(21)9-10-17(14)23-3/h4-11,18-19H,12H2,1-3H3/t18-,19-/m0/s1. The summed E-state index contributed by atoms with van der Waals surface area (Å²) in [6, 6.07) is 15.7. The number of methoxy groups -OCH3 is 1. The minimum atomic E-state index is 0.00421. The van der Waals surface area contributed by atoms with Crippen LogP contribution in [0, 0.1) is 11.3 Å². The van der Waals surface area contributed by atoms with E-state index in [-0.39, 0.29) is 17.1 Å². The van der Waals surface area contributed by atoms with Gasteiger partial charge < -0.3 is 4.74 Å². The lowest BCUT2D eigenvalue weighted by Gasteiger charge is -2.09. The molecule has 0 aliphatic heterocycles. The number of Topliss-reactive ketones (excluding diaryl/α,β-unsaturated/α-hetero) is 1. The van der Waals surface area contributed by atoms with Crippen LogP contribution in [0.2, 0.25) is 5.02 Å². The van der Waals surface area contributed by atoms with Gasteiger partial charge >= 0.3 is 0 Å². The number of carbonyl (C=O) groups is 1. The van der Waals surface area contributed by atoms with Crippen molar-refractivity contribution >= 4 is 17.4 Å². The third-order valence-electron chi connectivity index (χ3n) is 4.94. The Kier molecular flexibility index (Phi) is 4.20. The summed E-state index contributed by atoms with van der Waals surface area (Å²) in [5, 5.41) is 0.628. The van der Waals surface area contributed by atoms with E-state index in [0.717, 1.165) is 11.3 Å². The van der Waals surface area contributed by atoms with Crippen molar-refractivity contribution in [3.8, 4) is 5.75 Å². The van der Waals surface area contributed by atoms with Crippen LogP contribution < -0.4 is 4.74 Å². The lowest BCUT2D eigenvalue weighted by Crippen LogP contribution is -2.10. The molecule has 1 aliphatic carbocycles. The zero-order chi connectivity index (χ0) is 16.6. The van der Waals surface area contributed by atoms with Gasteiger partial charge in [-0.1, -0.05) is 55.8 Å². The van der Waals surface area contributed by atoms with E-state index in [2.05, 4.69) is 26.0 Å². The quantitative estimate of drug-likeness (QED) is 0.780. The van der Waals surface area contributed by atoms with Crippen molar-refractivity contribution in [3.05, 3.63) is 64.7 Å². The van der Waals surface area contributed by atoms with Crippen molar-refractivity contribution in [1.82, 2.24) is 0 Å². The van der Waals surface area contributed by atoms with Crippen LogP contribution in [0.4, 0.5) is 0 Å². The molecule has 0 amide bonds. The highest BCUT2D eigenvalue weighted by Crippen LogP contribution is 2.64. The predicted molar refractivity (Wildman–Crippen MR) is 93.2 cm³/mol. The molecule has 120 valence electrons. The summed E-state index contributed by atoms with van der Waals surface area (Å²) in [7, 11) is 1.62. The van der Waals surface area contributed by atoms with Gasteiger partial charge in [0.2, 0.25) is 0 Å². The van der Waals surface area contributed by atoms with Crippen molar-refractivity contribution < 1.29 is 9.53 Å². The second-order valence-corrected chi connectivity index (χ2v) is 7.22. The Morgan fingerprint density at radius 2 is 1.87 bits per heavy atom. The van der Waals surface area contributed by atoms with E-state index in [0.29, 0.717) is 17.4 Å². The van der Waals surface area contributed by atoms with Gasteiger partial charge in [0.25, 0.3) is 0 Å². The normalized spacial score (nSPS) is 21.7. The van der Waals surface area contributed by atoms with E-state index in [1.165, 1.54) is 5.56 Å². The Labute approximate surface area is 142 Å². The van der Waals surface area contributed by atoms with E-state index in [4.69, 9.17) is 16.3 Å². The molecule has 1 aliphatic rings. The monoisotopic (exact) mass is 328 g/mol. The van der Waals surface area contributed by atoms with Crippen LogP contribution in [0.5, 0.6) is 5.75 Å². The van der Waals surface area contributed by atoms with Crippen molar-refractivity contribution in [3.63, 3.8) is 0 Å². The molecular weight excluding hydrogens is 308 g/mol. The summed E-state index contributed by atoms with van der Waals surface area (Å²) >= 11 is 6.07. The molecule has 1 saturated carbocycles. The van der Waals surface area contributed by atoms with Crippen LogP contribution in [-0.2, 0) is 11.2 Å². The third kappa shape index (κ3) is 3.00. The average molecular weight is 329 g/mol. The molecule has 0 spiro atoms. The largest absolute Gasteiger partial charge is 0.496 e. The second kappa shape index (κ2) is 6.01. The number of hydrogen-bond donors (Lipinski definition) is 0. The Morgan fingerprint density at radius 1 is 1.17 bits per heavy atom. The van der Waals surface area contributed by atoms with Crippen molar-refractivity contribution in [1.29, 1.82) is 0 Å². The van der Waals surface area contributed by atoms with Crippen LogP contribution in [0.1, 0.15) is 30.9 Å². The highest BCUT2D eigenvalue weighted by atomic mass is 35.5. The lowest BCUT2D eigenvalue weighted by atomic mass is 10.0. The minimum absolute atomic E-state index is 0.00421. The average Bonchev–Trinajstić information content (AvgIpc) is 3.11. The Hall–Kier alpha value is -1.80. The van der Waals surface area contributed by atoms with Gasteiger partial charge in [-0.2, -0.15) is 0 Å². The maximum Gasteiger partial charge on any atom is 0.141 e. The number of halogens is 1. The summed E-state index contributed by atoms with van der Waals surface area (Å²) in [5.74, 6) is 1.32. The van der Waals surface area contributed by atoms with Crippen molar-refractivity contribution in [2.24, 2.45) is 11.3 Å². The Bertz CT molecular complexity index is 722. The van der Waals surface area contributed by atoms with E-state index in [1.54, 1.807) is 13.2 Å². The Morgan fingerprint density at radius 3 is 2.52 bits per heavy atom. The van der Waals surface area contributed by atoms with Gasteiger partial charge in [0.05, 0.1) is 7.11 Å². The Balaban J connectivity index is 1.81. The van der Waals surface area contributed by atoms with Gasteiger partial charge in [0.1, 0.15) is 11.5 Å². The van der Waals surface area contributed by atoms with Gasteiger partial charge in [-0.3, -0.25) is 4.79 Å². The SMILES string of the molecule is COc1ccc(Cl)cc1CC(=O)[C@H]1[C@H](c2ccccc2)C1(C)C. The first-order chi connectivity index (χ1) is 10.9. The fraction of sp³-hybridized carbons (Fsp3) is 0.350. The first-order valence-electron chi connectivity index (χ1n) is 7.85. The van der Waals surface area contributed by atoms with Crippen LogP contribution >= 0.6 is 11.6 Å². The summed E-state index contributed by atoms with van der Waals surface area (Å²) < 4.78 is 5.35. The number of ketones is 1. The molecule has 2 nitrogen and oxygen atoms in total. The van der Waals surface area contributed by atoms with E-state index in [9.17, 15) is 4.79 Å². The maximum absolute atomic E-state index is 12.9. The van der Waals surface area contributed by atoms with Gasteiger partial charge in [-0.25, -0.2) is 0 Å². The molecule has 0 aromatic heterocycles. The number of ether oxygens (including phenoxy) is 1. The number of rotatable bonds is 5. The smallest absolute Gasteiger partial charge is 0.141 e. The summed E-state index contributed by atoms with van der Waals surface area (Å²) in [6.45, 7) is 4.34. The number of benzene rings is 2. The fourth-order valence-corrected chi connectivity index (χ4v) is 3.90. The molecule has 2 atom stereocenters. The molecule has 3 heteroatoms. The summed E-state index contributed by atoms with van der Waals surface area (Å²) in [5.41, 5.74) is 2.11. The molecule has 0 saturated heterocycles. The van der Waals surface area contributed by atoms with Gasteiger partial charge in [0.15, 0.2) is 0 Å². The molecule has 3 rings (SSSR count). The summed E-state index contributed by atoms with van der Waals surface area (Å²) in [4.78, 5) is 12.9. The van der Waals surface area contributed by atoms with E-state index in [1.807, 2.05) is 30.3 Å². The molecule has 1 fully saturated rings. The highest BCUT2D eigenvalue weighted by molar-refractivity contribution is 6.30. The van der Waals surface area contributed by atoms with Gasteiger partial charge in [0, 0.05) is 22.9 Å². The molecule has 0 unspecified atom stereocenters. The van der Waals surface area contributed by atoms with E-state index >= 15 is 0 Å². The number of carbonyl (C=O) groups excluding carboxylic acids is 1. The van der Waals surface area contributed by atoms with Crippen LogP contribution in [0.3, 0.4) is 0 Å². The molecular formula is C20H21ClO2. The lowest BCUT2D eigenvalue weighted by molar-refractivity contribution is -0.120. The minimum Gasteiger partial charge on any atom is -0.496 e. The molecule has 2 aromatic carbocycles.